The highest BCUT2D eigenvalue weighted by atomic mass is 16.7. The van der Waals surface area contributed by atoms with E-state index in [0.717, 1.165) is 12.8 Å². The van der Waals surface area contributed by atoms with Crippen molar-refractivity contribution in [3.8, 4) is 0 Å². The first-order valence-corrected chi connectivity index (χ1v) is 5.00. The summed E-state index contributed by atoms with van der Waals surface area (Å²) in [5.74, 6) is -4.17. The summed E-state index contributed by atoms with van der Waals surface area (Å²) in [6, 6.07) is 0. The monoisotopic (exact) mass is 246 g/mol. The summed E-state index contributed by atoms with van der Waals surface area (Å²) in [6.07, 6.45) is 1.49. The first kappa shape index (κ1) is 14.9. The van der Waals surface area contributed by atoms with Crippen LogP contribution in [0.25, 0.3) is 0 Å². The van der Waals surface area contributed by atoms with Crippen LogP contribution >= 0.6 is 0 Å². The van der Waals surface area contributed by atoms with Crippen LogP contribution in [0.4, 0.5) is 4.79 Å². The molecule has 0 aromatic heterocycles. The molecule has 0 heterocycles. The molecule has 0 aliphatic heterocycles. The highest BCUT2D eigenvalue weighted by Gasteiger charge is 2.16. The van der Waals surface area contributed by atoms with Crippen LogP contribution in [-0.2, 0) is 19.1 Å². The fourth-order valence-electron chi connectivity index (χ4n) is 0.874. The molecule has 0 aliphatic carbocycles. The lowest BCUT2D eigenvalue weighted by Crippen LogP contribution is -2.14. The van der Waals surface area contributed by atoms with Crippen LogP contribution in [0.2, 0.25) is 0 Å². The molecule has 0 aromatic carbocycles. The maximum Gasteiger partial charge on any atom is 0.514 e. The fourth-order valence-corrected chi connectivity index (χ4v) is 0.874. The van der Waals surface area contributed by atoms with Gasteiger partial charge in [-0.25, -0.2) is 14.4 Å². The lowest BCUT2D eigenvalue weighted by Gasteiger charge is -2.05. The Morgan fingerprint density at radius 3 is 2.29 bits per heavy atom. The van der Waals surface area contributed by atoms with Gasteiger partial charge in [0, 0.05) is 0 Å². The van der Waals surface area contributed by atoms with Gasteiger partial charge in [0.1, 0.15) is 0 Å². The van der Waals surface area contributed by atoms with Gasteiger partial charge in [-0.2, -0.15) is 0 Å². The molecule has 0 aromatic rings. The zero-order valence-electron chi connectivity index (χ0n) is 9.34. The topological polar surface area (TPSA) is 110 Å². The van der Waals surface area contributed by atoms with Gasteiger partial charge in [-0.1, -0.05) is 19.8 Å². The van der Waals surface area contributed by atoms with Crippen molar-refractivity contribution in [2.24, 2.45) is 0 Å². The number of hydrogen-bond donors (Lipinski definition) is 2. The van der Waals surface area contributed by atoms with Gasteiger partial charge in [-0.05, 0) is 6.42 Å². The van der Waals surface area contributed by atoms with Gasteiger partial charge in [0.25, 0.3) is 0 Å². The van der Waals surface area contributed by atoms with Crippen molar-refractivity contribution in [2.75, 3.05) is 6.61 Å². The third-order valence-corrected chi connectivity index (χ3v) is 1.63. The van der Waals surface area contributed by atoms with E-state index in [1.54, 1.807) is 0 Å². The summed E-state index contributed by atoms with van der Waals surface area (Å²) in [7, 11) is 0. The molecule has 0 aliphatic rings. The van der Waals surface area contributed by atoms with Gasteiger partial charge in [0.15, 0.2) is 0 Å². The van der Waals surface area contributed by atoms with Crippen molar-refractivity contribution in [1.29, 1.82) is 0 Å². The second-order valence-electron chi connectivity index (χ2n) is 3.06. The standard InChI is InChI=1S/C10H14O7/c1-2-3-4-5-16-10(15)17-7(9(13)14)6-8(11)12/h6H,2-5H2,1H3,(H,11,12)(H,13,14). The number of hydrogen-bond acceptors (Lipinski definition) is 5. The van der Waals surface area contributed by atoms with Gasteiger partial charge >= 0.3 is 18.1 Å². The van der Waals surface area contributed by atoms with Crippen LogP contribution in [0.1, 0.15) is 26.2 Å². The number of rotatable bonds is 7. The van der Waals surface area contributed by atoms with Gasteiger partial charge < -0.3 is 19.7 Å². The van der Waals surface area contributed by atoms with Crippen LogP contribution in [0, 0.1) is 0 Å². The SMILES string of the molecule is CCCCCOC(=O)OC(=CC(=O)O)C(=O)O. The van der Waals surface area contributed by atoms with Crippen molar-refractivity contribution in [3.63, 3.8) is 0 Å². The predicted molar refractivity (Wildman–Crippen MR) is 55.3 cm³/mol. The van der Waals surface area contributed by atoms with Crippen LogP contribution in [-0.4, -0.2) is 34.9 Å². The van der Waals surface area contributed by atoms with Crippen LogP contribution in [0.5, 0.6) is 0 Å². The molecule has 0 rings (SSSR count). The van der Waals surface area contributed by atoms with Gasteiger partial charge in [-0.3, -0.25) is 0 Å². The molecule has 0 radical (unpaired) electrons. The minimum absolute atomic E-state index is 0.104. The number of carboxylic acids is 2. The van der Waals surface area contributed by atoms with Crippen molar-refractivity contribution in [3.05, 3.63) is 11.8 Å². The number of carbonyl (C=O) groups excluding carboxylic acids is 1. The maximum atomic E-state index is 11.0. The summed E-state index contributed by atoms with van der Waals surface area (Å²) >= 11 is 0. The Morgan fingerprint density at radius 1 is 1.18 bits per heavy atom. The van der Waals surface area contributed by atoms with Crippen LogP contribution < -0.4 is 0 Å². The third kappa shape index (κ3) is 7.83. The lowest BCUT2D eigenvalue weighted by atomic mass is 10.3. The van der Waals surface area contributed by atoms with Crippen molar-refractivity contribution in [1.82, 2.24) is 0 Å². The van der Waals surface area contributed by atoms with Gasteiger partial charge in [-0.15, -0.1) is 0 Å². The number of ether oxygens (including phenoxy) is 2. The molecular formula is C10H14O7. The van der Waals surface area contributed by atoms with E-state index in [1.807, 2.05) is 6.92 Å². The second kappa shape index (κ2) is 8.14. The summed E-state index contributed by atoms with van der Waals surface area (Å²) in [5, 5.41) is 16.8. The van der Waals surface area contributed by atoms with E-state index in [4.69, 9.17) is 10.2 Å². The highest BCUT2D eigenvalue weighted by Crippen LogP contribution is 2.02. The number of aliphatic carboxylic acids is 2. The summed E-state index contributed by atoms with van der Waals surface area (Å²) < 4.78 is 8.77. The molecule has 0 fully saturated rings. The molecule has 96 valence electrons. The van der Waals surface area contributed by atoms with E-state index in [0.29, 0.717) is 6.42 Å². The van der Waals surface area contributed by atoms with Crippen molar-refractivity contribution < 1.29 is 34.1 Å². The Hall–Kier alpha value is -2.05. The average Bonchev–Trinajstić information content (AvgIpc) is 2.22. The number of carboxylic acid groups (broad SMARTS) is 2. The minimum Gasteiger partial charge on any atom is -0.478 e. The molecule has 7 heteroatoms. The summed E-state index contributed by atoms with van der Waals surface area (Å²) in [5.41, 5.74) is 0. The second-order valence-corrected chi connectivity index (χ2v) is 3.06. The molecule has 0 unspecified atom stereocenters. The first-order valence-electron chi connectivity index (χ1n) is 5.00. The molecule has 0 saturated carbocycles. The third-order valence-electron chi connectivity index (χ3n) is 1.63. The molecule has 7 nitrogen and oxygen atoms in total. The smallest absolute Gasteiger partial charge is 0.478 e. The van der Waals surface area contributed by atoms with E-state index in [2.05, 4.69) is 9.47 Å². The summed E-state index contributed by atoms with van der Waals surface area (Å²) in [6.45, 7) is 2.07. The van der Waals surface area contributed by atoms with Crippen molar-refractivity contribution in [2.45, 2.75) is 26.2 Å². The Labute approximate surface area is 97.6 Å². The Bertz CT molecular complexity index is 319. The molecule has 0 spiro atoms. The fraction of sp³-hybridized carbons (Fsp3) is 0.500. The average molecular weight is 246 g/mol. The maximum absolute atomic E-state index is 11.0. The normalized spacial score (nSPS) is 10.8. The molecule has 17 heavy (non-hydrogen) atoms. The Kier molecular flexibility index (Phi) is 7.16. The molecular weight excluding hydrogens is 232 g/mol. The van der Waals surface area contributed by atoms with Crippen molar-refractivity contribution >= 4 is 18.1 Å². The molecule has 0 saturated heterocycles. The lowest BCUT2D eigenvalue weighted by molar-refractivity contribution is -0.138. The quantitative estimate of drug-likeness (QED) is 0.302. The Balaban J connectivity index is 4.15. The zero-order chi connectivity index (χ0) is 13.3. The summed E-state index contributed by atoms with van der Waals surface area (Å²) in [4.78, 5) is 31.7. The molecule has 0 amide bonds. The number of carbonyl (C=O) groups is 3. The molecule has 0 bridgehead atoms. The van der Waals surface area contributed by atoms with Crippen LogP contribution in [0.3, 0.4) is 0 Å². The van der Waals surface area contributed by atoms with Crippen LogP contribution in [0.15, 0.2) is 11.8 Å². The van der Waals surface area contributed by atoms with Gasteiger partial charge in [0.05, 0.1) is 12.7 Å². The van der Waals surface area contributed by atoms with E-state index >= 15 is 0 Å². The largest absolute Gasteiger partial charge is 0.514 e. The molecule has 0 atom stereocenters. The zero-order valence-corrected chi connectivity index (χ0v) is 9.34. The predicted octanol–water partition coefficient (Wildman–Crippen LogP) is 1.38. The van der Waals surface area contributed by atoms with E-state index in [-0.39, 0.29) is 12.7 Å². The molecule has 2 N–H and O–H groups in total. The Morgan fingerprint density at radius 2 is 1.82 bits per heavy atom. The van der Waals surface area contributed by atoms with E-state index in [9.17, 15) is 14.4 Å². The van der Waals surface area contributed by atoms with Gasteiger partial charge in [0.2, 0.25) is 5.76 Å². The first-order chi connectivity index (χ1) is 7.97. The highest BCUT2D eigenvalue weighted by molar-refractivity contribution is 5.94. The minimum atomic E-state index is -1.65. The van der Waals surface area contributed by atoms with E-state index < -0.39 is 23.9 Å². The number of unbranched alkanes of at least 4 members (excludes halogenated alkanes) is 2. The van der Waals surface area contributed by atoms with E-state index in [1.165, 1.54) is 0 Å².